The number of carbonyl (C=O) groups excluding carboxylic acids is 1. The van der Waals surface area contributed by atoms with Gasteiger partial charge in [0.05, 0.1) is 6.42 Å². The number of hydrogen-bond acceptors (Lipinski definition) is 3. The summed E-state index contributed by atoms with van der Waals surface area (Å²) in [6.45, 7) is 4.58. The molecule has 0 spiro atoms. The Hall–Kier alpha value is -1.75. The third-order valence-electron chi connectivity index (χ3n) is 4.71. The van der Waals surface area contributed by atoms with Gasteiger partial charge in [-0.2, -0.15) is 0 Å². The second kappa shape index (κ2) is 8.76. The summed E-state index contributed by atoms with van der Waals surface area (Å²) in [6.07, 6.45) is 0.176. The molecule has 1 aliphatic rings. The molecular weight excluding hydrogens is 369 g/mol. The SMILES string of the molecule is CN1CCN(c2ccccc2CNC(=O)Cc2c(Cl)cccc2Cl)CC1. The van der Waals surface area contributed by atoms with Crippen LogP contribution < -0.4 is 10.2 Å². The summed E-state index contributed by atoms with van der Waals surface area (Å²) in [5.74, 6) is -0.0896. The maximum Gasteiger partial charge on any atom is 0.224 e. The highest BCUT2D eigenvalue weighted by Gasteiger charge is 2.17. The molecule has 0 aromatic heterocycles. The minimum atomic E-state index is -0.0896. The van der Waals surface area contributed by atoms with E-state index in [2.05, 4.69) is 34.3 Å². The Morgan fingerprint density at radius 1 is 1.00 bits per heavy atom. The molecule has 1 heterocycles. The molecule has 6 heteroatoms. The van der Waals surface area contributed by atoms with Gasteiger partial charge >= 0.3 is 0 Å². The summed E-state index contributed by atoms with van der Waals surface area (Å²) in [5, 5.41) is 4.03. The summed E-state index contributed by atoms with van der Waals surface area (Å²) in [5.41, 5.74) is 2.98. The summed E-state index contributed by atoms with van der Waals surface area (Å²) in [7, 11) is 2.14. The third-order valence-corrected chi connectivity index (χ3v) is 5.42. The van der Waals surface area contributed by atoms with Crippen molar-refractivity contribution in [3.8, 4) is 0 Å². The van der Waals surface area contributed by atoms with Gasteiger partial charge in [-0.1, -0.05) is 47.5 Å². The van der Waals surface area contributed by atoms with Crippen LogP contribution in [-0.4, -0.2) is 44.0 Å². The Labute approximate surface area is 164 Å². The summed E-state index contributed by atoms with van der Waals surface area (Å²) < 4.78 is 0. The van der Waals surface area contributed by atoms with Gasteiger partial charge in [-0.05, 0) is 36.4 Å². The number of anilines is 1. The first-order chi connectivity index (χ1) is 12.5. The van der Waals surface area contributed by atoms with Crippen molar-refractivity contribution in [2.75, 3.05) is 38.1 Å². The maximum atomic E-state index is 12.4. The fraction of sp³-hybridized carbons (Fsp3) is 0.350. The van der Waals surface area contributed by atoms with E-state index in [4.69, 9.17) is 23.2 Å². The van der Waals surface area contributed by atoms with E-state index in [9.17, 15) is 4.79 Å². The summed E-state index contributed by atoms with van der Waals surface area (Å²) in [4.78, 5) is 17.1. The fourth-order valence-corrected chi connectivity index (χ4v) is 3.67. The molecule has 0 aliphatic carbocycles. The third kappa shape index (κ3) is 4.70. The number of nitrogens with one attached hydrogen (secondary N) is 1. The van der Waals surface area contributed by atoms with Gasteiger partial charge in [0.1, 0.15) is 0 Å². The van der Waals surface area contributed by atoms with Crippen LogP contribution in [0.1, 0.15) is 11.1 Å². The average Bonchev–Trinajstić information content (AvgIpc) is 2.64. The van der Waals surface area contributed by atoms with Crippen LogP contribution in [0.3, 0.4) is 0 Å². The highest BCUT2D eigenvalue weighted by atomic mass is 35.5. The van der Waals surface area contributed by atoms with E-state index in [1.54, 1.807) is 18.2 Å². The second-order valence-electron chi connectivity index (χ2n) is 6.57. The monoisotopic (exact) mass is 391 g/mol. The molecule has 138 valence electrons. The lowest BCUT2D eigenvalue weighted by molar-refractivity contribution is -0.120. The van der Waals surface area contributed by atoms with Crippen LogP contribution >= 0.6 is 23.2 Å². The summed E-state index contributed by atoms with van der Waals surface area (Å²) in [6, 6.07) is 13.5. The molecule has 1 fully saturated rings. The molecule has 4 nitrogen and oxygen atoms in total. The lowest BCUT2D eigenvalue weighted by Gasteiger charge is -2.35. The molecule has 26 heavy (non-hydrogen) atoms. The van der Waals surface area contributed by atoms with Crippen LogP contribution in [0.5, 0.6) is 0 Å². The van der Waals surface area contributed by atoms with Gasteiger partial charge in [0.15, 0.2) is 0 Å². The molecule has 3 rings (SSSR count). The van der Waals surface area contributed by atoms with E-state index in [0.29, 0.717) is 22.2 Å². The number of amides is 1. The lowest BCUT2D eigenvalue weighted by Crippen LogP contribution is -2.45. The molecule has 1 N–H and O–H groups in total. The smallest absolute Gasteiger partial charge is 0.224 e. The van der Waals surface area contributed by atoms with Gasteiger partial charge in [-0.15, -0.1) is 0 Å². The molecule has 2 aromatic carbocycles. The van der Waals surface area contributed by atoms with Crippen molar-refractivity contribution < 1.29 is 4.79 Å². The molecule has 0 atom stereocenters. The van der Waals surface area contributed by atoms with Crippen molar-refractivity contribution in [1.82, 2.24) is 10.2 Å². The standard InChI is InChI=1S/C20H23Cl2N3O/c1-24-9-11-25(12-10-24)19-8-3-2-5-15(19)14-23-20(26)13-16-17(21)6-4-7-18(16)22/h2-8H,9-14H2,1H3,(H,23,26). The van der Waals surface area contributed by atoms with Crippen LogP contribution in [0.4, 0.5) is 5.69 Å². The van der Waals surface area contributed by atoms with Crippen molar-refractivity contribution in [3.63, 3.8) is 0 Å². The highest BCUT2D eigenvalue weighted by molar-refractivity contribution is 6.36. The van der Waals surface area contributed by atoms with Gasteiger partial charge in [0, 0.05) is 48.5 Å². The quantitative estimate of drug-likeness (QED) is 0.845. The zero-order valence-electron chi connectivity index (χ0n) is 14.8. The predicted molar refractivity (Wildman–Crippen MR) is 108 cm³/mol. The topological polar surface area (TPSA) is 35.6 Å². The van der Waals surface area contributed by atoms with Crippen LogP contribution in [0.2, 0.25) is 10.0 Å². The Morgan fingerprint density at radius 3 is 2.35 bits per heavy atom. The Kier molecular flexibility index (Phi) is 6.41. The largest absolute Gasteiger partial charge is 0.369 e. The Balaban J connectivity index is 1.64. The molecule has 1 amide bonds. The second-order valence-corrected chi connectivity index (χ2v) is 7.39. The number of hydrogen-bond donors (Lipinski definition) is 1. The Morgan fingerprint density at radius 2 is 1.65 bits per heavy atom. The van der Waals surface area contributed by atoms with E-state index in [1.807, 2.05) is 12.1 Å². The molecule has 1 aliphatic heterocycles. The van der Waals surface area contributed by atoms with E-state index in [-0.39, 0.29) is 12.3 Å². The lowest BCUT2D eigenvalue weighted by atomic mass is 10.1. The average molecular weight is 392 g/mol. The van der Waals surface area contributed by atoms with Crippen LogP contribution in [0.25, 0.3) is 0 Å². The van der Waals surface area contributed by atoms with Crippen LogP contribution in [-0.2, 0) is 17.8 Å². The van der Waals surface area contributed by atoms with E-state index in [0.717, 1.165) is 31.7 Å². The normalized spacial score (nSPS) is 15.1. The van der Waals surface area contributed by atoms with E-state index < -0.39 is 0 Å². The van der Waals surface area contributed by atoms with Crippen molar-refractivity contribution >= 4 is 34.8 Å². The van der Waals surface area contributed by atoms with Crippen molar-refractivity contribution in [2.45, 2.75) is 13.0 Å². The van der Waals surface area contributed by atoms with Gasteiger partial charge in [-0.25, -0.2) is 0 Å². The first kappa shape index (κ1) is 19.0. The van der Waals surface area contributed by atoms with Crippen molar-refractivity contribution in [3.05, 3.63) is 63.6 Å². The van der Waals surface area contributed by atoms with Gasteiger partial charge in [-0.3, -0.25) is 4.79 Å². The van der Waals surface area contributed by atoms with E-state index in [1.165, 1.54) is 5.69 Å². The molecule has 1 saturated heterocycles. The molecule has 0 unspecified atom stereocenters. The fourth-order valence-electron chi connectivity index (χ4n) is 3.13. The number of nitrogens with zero attached hydrogens (tertiary/aromatic N) is 2. The first-order valence-electron chi connectivity index (χ1n) is 8.75. The number of para-hydroxylation sites is 1. The molecular formula is C20H23Cl2N3O. The number of benzene rings is 2. The van der Waals surface area contributed by atoms with Crippen LogP contribution in [0.15, 0.2) is 42.5 Å². The maximum absolute atomic E-state index is 12.4. The number of carbonyl (C=O) groups is 1. The highest BCUT2D eigenvalue weighted by Crippen LogP contribution is 2.25. The number of piperazine rings is 1. The zero-order valence-corrected chi connectivity index (χ0v) is 16.4. The van der Waals surface area contributed by atoms with Crippen molar-refractivity contribution in [1.29, 1.82) is 0 Å². The summed E-state index contributed by atoms with van der Waals surface area (Å²) >= 11 is 12.3. The zero-order chi connectivity index (χ0) is 18.5. The molecule has 2 aromatic rings. The first-order valence-corrected chi connectivity index (χ1v) is 9.51. The minimum absolute atomic E-state index is 0.0896. The minimum Gasteiger partial charge on any atom is -0.369 e. The molecule has 0 radical (unpaired) electrons. The van der Waals surface area contributed by atoms with Crippen molar-refractivity contribution in [2.24, 2.45) is 0 Å². The van der Waals surface area contributed by atoms with E-state index >= 15 is 0 Å². The number of rotatable bonds is 5. The van der Waals surface area contributed by atoms with Gasteiger partial charge in [0.25, 0.3) is 0 Å². The van der Waals surface area contributed by atoms with Gasteiger partial charge in [0.2, 0.25) is 5.91 Å². The molecule has 0 saturated carbocycles. The number of likely N-dealkylation sites (N-methyl/N-ethyl adjacent to an activating group) is 1. The van der Waals surface area contributed by atoms with Gasteiger partial charge < -0.3 is 15.1 Å². The Bertz CT molecular complexity index is 753. The molecule has 0 bridgehead atoms. The van der Waals surface area contributed by atoms with Crippen LogP contribution in [0, 0.1) is 0 Å². The predicted octanol–water partition coefficient (Wildman–Crippen LogP) is 3.60. The number of halogens is 2.